The largest absolute Gasteiger partial charge is 0.385 e. The minimum atomic E-state index is 0.516. The predicted molar refractivity (Wildman–Crippen MR) is 74.8 cm³/mol. The number of ether oxygens (including phenoxy) is 1. The van der Waals surface area contributed by atoms with Gasteiger partial charge in [-0.05, 0) is 31.1 Å². The van der Waals surface area contributed by atoms with Crippen molar-refractivity contribution in [2.24, 2.45) is 10.4 Å². The lowest BCUT2D eigenvalue weighted by molar-refractivity contribution is 0.173. The van der Waals surface area contributed by atoms with Crippen LogP contribution in [0.5, 0.6) is 0 Å². The van der Waals surface area contributed by atoms with Gasteiger partial charge < -0.3 is 10.1 Å². The van der Waals surface area contributed by atoms with E-state index in [9.17, 15) is 0 Å². The third-order valence-corrected chi connectivity index (χ3v) is 4.95. The fraction of sp³-hybridized carbons (Fsp3) is 0.923. The summed E-state index contributed by atoms with van der Waals surface area (Å²) in [5.41, 5.74) is 0.516. The van der Waals surface area contributed by atoms with Crippen LogP contribution in [0, 0.1) is 5.41 Å². The van der Waals surface area contributed by atoms with Gasteiger partial charge in [0.1, 0.15) is 0 Å². The summed E-state index contributed by atoms with van der Waals surface area (Å²) in [6, 6.07) is 0. The second kappa shape index (κ2) is 6.10. The first-order valence-electron chi connectivity index (χ1n) is 6.72. The van der Waals surface area contributed by atoms with Crippen molar-refractivity contribution in [1.29, 1.82) is 0 Å². The molecule has 3 nitrogen and oxygen atoms in total. The van der Waals surface area contributed by atoms with E-state index in [0.717, 1.165) is 24.9 Å². The Kier molecular flexibility index (Phi) is 4.74. The van der Waals surface area contributed by atoms with Crippen molar-refractivity contribution < 1.29 is 4.74 Å². The highest BCUT2D eigenvalue weighted by Gasteiger charge is 2.42. The molecular weight excluding hydrogens is 232 g/mol. The van der Waals surface area contributed by atoms with E-state index in [1.54, 1.807) is 7.11 Å². The van der Waals surface area contributed by atoms with Gasteiger partial charge in [-0.25, -0.2) is 0 Å². The van der Waals surface area contributed by atoms with Crippen LogP contribution in [0.3, 0.4) is 0 Å². The fourth-order valence-electron chi connectivity index (χ4n) is 2.26. The maximum Gasteiger partial charge on any atom is 0.156 e. The highest BCUT2D eigenvalue weighted by atomic mass is 32.2. The Morgan fingerprint density at radius 2 is 2.35 bits per heavy atom. The lowest BCUT2D eigenvalue weighted by Crippen LogP contribution is -2.28. The minimum Gasteiger partial charge on any atom is -0.385 e. The average Bonchev–Trinajstić information content (AvgIpc) is 2.97. The van der Waals surface area contributed by atoms with Crippen molar-refractivity contribution in [3.63, 3.8) is 0 Å². The zero-order chi connectivity index (χ0) is 12.1. The molecule has 1 N–H and O–H groups in total. The molecule has 1 unspecified atom stereocenters. The number of hydrogen-bond donors (Lipinski definition) is 1. The van der Waals surface area contributed by atoms with Gasteiger partial charge in [-0.3, -0.25) is 4.99 Å². The van der Waals surface area contributed by atoms with Crippen LogP contribution in [0.15, 0.2) is 4.99 Å². The molecule has 4 heteroatoms. The molecule has 2 aliphatic rings. The molecule has 1 saturated carbocycles. The van der Waals surface area contributed by atoms with Crippen LogP contribution in [-0.2, 0) is 4.74 Å². The molecule has 0 aromatic heterocycles. The van der Waals surface area contributed by atoms with Gasteiger partial charge >= 0.3 is 0 Å². The standard InChI is InChI=1S/C13H24N2OS/c1-3-4-11-9-14-12(17-11)15-10-13(5-6-13)7-8-16-2/h11H,3-10H2,1-2H3,(H,14,15). The number of nitrogens with one attached hydrogen (secondary N) is 1. The molecule has 1 fully saturated rings. The monoisotopic (exact) mass is 256 g/mol. The van der Waals surface area contributed by atoms with Crippen molar-refractivity contribution in [2.45, 2.75) is 44.3 Å². The van der Waals surface area contributed by atoms with E-state index < -0.39 is 0 Å². The van der Waals surface area contributed by atoms with Gasteiger partial charge in [0.15, 0.2) is 5.17 Å². The van der Waals surface area contributed by atoms with Crippen molar-refractivity contribution in [3.05, 3.63) is 0 Å². The van der Waals surface area contributed by atoms with Crippen LogP contribution >= 0.6 is 11.8 Å². The van der Waals surface area contributed by atoms with Crippen LogP contribution < -0.4 is 5.32 Å². The van der Waals surface area contributed by atoms with Crippen molar-refractivity contribution in [3.8, 4) is 0 Å². The van der Waals surface area contributed by atoms with E-state index in [2.05, 4.69) is 17.2 Å². The molecule has 0 spiro atoms. The summed E-state index contributed by atoms with van der Waals surface area (Å²) in [7, 11) is 1.79. The summed E-state index contributed by atoms with van der Waals surface area (Å²) in [4.78, 5) is 4.58. The predicted octanol–water partition coefficient (Wildman–Crippen LogP) is 2.66. The van der Waals surface area contributed by atoms with Crippen molar-refractivity contribution >= 4 is 16.9 Å². The summed E-state index contributed by atoms with van der Waals surface area (Å²) >= 11 is 1.94. The van der Waals surface area contributed by atoms with Crippen LogP contribution in [-0.4, -0.2) is 37.2 Å². The van der Waals surface area contributed by atoms with Crippen LogP contribution in [0.1, 0.15) is 39.0 Å². The quantitative estimate of drug-likeness (QED) is 0.760. The van der Waals surface area contributed by atoms with E-state index in [1.807, 2.05) is 11.8 Å². The van der Waals surface area contributed by atoms with E-state index in [4.69, 9.17) is 4.74 Å². The van der Waals surface area contributed by atoms with E-state index in [1.165, 1.54) is 37.3 Å². The molecule has 0 aromatic carbocycles. The Labute approximate surface area is 109 Å². The second-order valence-electron chi connectivity index (χ2n) is 5.27. The molecule has 0 amide bonds. The molecule has 1 aliphatic carbocycles. The Balaban J connectivity index is 1.66. The number of methoxy groups -OCH3 is 1. The lowest BCUT2D eigenvalue weighted by atomic mass is 10.0. The van der Waals surface area contributed by atoms with Crippen LogP contribution in [0.25, 0.3) is 0 Å². The van der Waals surface area contributed by atoms with E-state index in [0.29, 0.717) is 5.41 Å². The van der Waals surface area contributed by atoms with Crippen LogP contribution in [0.2, 0.25) is 0 Å². The maximum atomic E-state index is 5.18. The summed E-state index contributed by atoms with van der Waals surface area (Å²) < 4.78 is 5.18. The third kappa shape index (κ3) is 3.88. The molecule has 0 saturated heterocycles. The molecule has 1 heterocycles. The van der Waals surface area contributed by atoms with Gasteiger partial charge in [-0.2, -0.15) is 0 Å². The number of thioether (sulfide) groups is 1. The maximum absolute atomic E-state index is 5.18. The van der Waals surface area contributed by atoms with Crippen molar-refractivity contribution in [1.82, 2.24) is 5.32 Å². The third-order valence-electron chi connectivity index (χ3n) is 3.74. The first kappa shape index (κ1) is 13.2. The zero-order valence-corrected chi connectivity index (χ0v) is 11.8. The molecule has 1 aliphatic heterocycles. The zero-order valence-electron chi connectivity index (χ0n) is 11.0. The Hall–Kier alpha value is -0.220. The molecule has 98 valence electrons. The van der Waals surface area contributed by atoms with Gasteiger partial charge in [0.25, 0.3) is 0 Å². The van der Waals surface area contributed by atoms with Crippen LogP contribution in [0.4, 0.5) is 0 Å². The number of hydrogen-bond acceptors (Lipinski definition) is 4. The number of nitrogens with zero attached hydrogens (tertiary/aromatic N) is 1. The lowest BCUT2D eigenvalue weighted by Gasteiger charge is -2.16. The van der Waals surface area contributed by atoms with Gasteiger partial charge in [0.2, 0.25) is 0 Å². The summed E-state index contributed by atoms with van der Waals surface area (Å²) in [6.07, 6.45) is 6.43. The molecule has 2 rings (SSSR count). The Morgan fingerprint density at radius 1 is 1.53 bits per heavy atom. The summed E-state index contributed by atoms with van der Waals surface area (Å²) in [6.45, 7) is 5.22. The number of rotatable bonds is 7. The normalized spacial score (nSPS) is 25.8. The molecule has 0 bridgehead atoms. The fourth-order valence-corrected chi connectivity index (χ4v) is 3.38. The highest BCUT2D eigenvalue weighted by molar-refractivity contribution is 8.14. The summed E-state index contributed by atoms with van der Waals surface area (Å²) in [5, 5.41) is 5.43. The summed E-state index contributed by atoms with van der Waals surface area (Å²) in [5.74, 6) is 0. The highest BCUT2D eigenvalue weighted by Crippen LogP contribution is 2.48. The number of aliphatic imine (C=N–C) groups is 1. The van der Waals surface area contributed by atoms with Crippen molar-refractivity contribution in [2.75, 3.05) is 26.8 Å². The molecule has 17 heavy (non-hydrogen) atoms. The van der Waals surface area contributed by atoms with E-state index >= 15 is 0 Å². The van der Waals surface area contributed by atoms with E-state index in [-0.39, 0.29) is 0 Å². The van der Waals surface area contributed by atoms with Gasteiger partial charge in [-0.1, -0.05) is 25.1 Å². The Bertz CT molecular complexity index is 277. The topological polar surface area (TPSA) is 33.6 Å². The smallest absolute Gasteiger partial charge is 0.156 e. The minimum absolute atomic E-state index is 0.516. The van der Waals surface area contributed by atoms with Gasteiger partial charge in [-0.15, -0.1) is 0 Å². The SMILES string of the molecule is CCCC1CN=C(NCC2(CCOC)CC2)S1. The first-order chi connectivity index (χ1) is 8.28. The first-order valence-corrected chi connectivity index (χ1v) is 7.60. The Morgan fingerprint density at radius 3 is 3.00 bits per heavy atom. The molecule has 1 atom stereocenters. The average molecular weight is 256 g/mol. The number of amidine groups is 1. The van der Waals surface area contributed by atoms with Gasteiger partial charge in [0, 0.05) is 25.5 Å². The second-order valence-corrected chi connectivity index (χ2v) is 6.56. The molecular formula is C13H24N2OS. The molecule has 0 aromatic rings. The molecule has 0 radical (unpaired) electrons. The van der Waals surface area contributed by atoms with Gasteiger partial charge in [0.05, 0.1) is 6.54 Å².